The van der Waals surface area contributed by atoms with E-state index in [-0.39, 0.29) is 24.1 Å². The highest BCUT2D eigenvalue weighted by Gasteiger charge is 2.31. The van der Waals surface area contributed by atoms with Gasteiger partial charge in [0.25, 0.3) is 5.69 Å². The molecule has 1 heterocycles. The van der Waals surface area contributed by atoms with E-state index < -0.39 is 4.92 Å². The lowest BCUT2D eigenvalue weighted by atomic mass is 9.82. The van der Waals surface area contributed by atoms with Gasteiger partial charge < -0.3 is 15.3 Å². The van der Waals surface area contributed by atoms with Crippen LogP contribution in [0.2, 0.25) is 0 Å². The molecule has 0 unspecified atom stereocenters. The van der Waals surface area contributed by atoms with E-state index in [4.69, 9.17) is 0 Å². The monoisotopic (exact) mass is 291 g/mol. The number of benzene rings is 1. The number of nitro groups is 1. The first-order valence-corrected chi connectivity index (χ1v) is 6.94. The lowest BCUT2D eigenvalue weighted by Crippen LogP contribution is -2.37. The van der Waals surface area contributed by atoms with E-state index in [1.165, 1.54) is 6.07 Å². The van der Waals surface area contributed by atoms with Crippen LogP contribution in [0.5, 0.6) is 0 Å². The molecule has 7 heteroatoms. The van der Waals surface area contributed by atoms with E-state index in [1.807, 2.05) is 4.90 Å². The molecule has 1 amide bonds. The van der Waals surface area contributed by atoms with Crippen LogP contribution in [0.4, 0.5) is 17.1 Å². The molecule has 3 rings (SSSR count). The van der Waals surface area contributed by atoms with Crippen LogP contribution in [0.15, 0.2) is 12.1 Å². The van der Waals surface area contributed by atoms with Crippen molar-refractivity contribution in [2.45, 2.75) is 25.4 Å². The van der Waals surface area contributed by atoms with Crippen molar-refractivity contribution in [1.82, 2.24) is 0 Å². The van der Waals surface area contributed by atoms with Gasteiger partial charge in [0.1, 0.15) is 5.69 Å². The number of aliphatic hydroxyl groups is 1. The molecule has 1 aliphatic heterocycles. The SMILES string of the molecule is CN(CC1CC(O)C1)c1cc2c(cc1[N+](=O)[O-])CC(=O)N2. The molecule has 0 bridgehead atoms. The van der Waals surface area contributed by atoms with Crippen molar-refractivity contribution in [2.75, 3.05) is 23.8 Å². The molecule has 0 saturated heterocycles. The molecule has 2 aliphatic rings. The van der Waals surface area contributed by atoms with Gasteiger partial charge in [-0.1, -0.05) is 0 Å². The fraction of sp³-hybridized carbons (Fsp3) is 0.500. The van der Waals surface area contributed by atoms with E-state index in [0.29, 0.717) is 29.4 Å². The Labute approximate surface area is 121 Å². The summed E-state index contributed by atoms with van der Waals surface area (Å²) >= 11 is 0. The van der Waals surface area contributed by atoms with E-state index in [0.717, 1.165) is 12.8 Å². The van der Waals surface area contributed by atoms with E-state index >= 15 is 0 Å². The first kappa shape index (κ1) is 13.8. The maximum Gasteiger partial charge on any atom is 0.292 e. The predicted molar refractivity (Wildman–Crippen MR) is 77.4 cm³/mol. The first-order valence-electron chi connectivity index (χ1n) is 6.94. The molecule has 21 heavy (non-hydrogen) atoms. The molecule has 1 aliphatic carbocycles. The van der Waals surface area contributed by atoms with Crippen LogP contribution in [-0.2, 0) is 11.2 Å². The number of hydrogen-bond acceptors (Lipinski definition) is 5. The molecule has 1 fully saturated rings. The highest BCUT2D eigenvalue weighted by atomic mass is 16.6. The minimum Gasteiger partial charge on any atom is -0.393 e. The van der Waals surface area contributed by atoms with Gasteiger partial charge in [0, 0.05) is 25.3 Å². The van der Waals surface area contributed by atoms with Gasteiger partial charge in [0.05, 0.1) is 17.4 Å². The highest BCUT2D eigenvalue weighted by molar-refractivity contribution is 6.00. The summed E-state index contributed by atoms with van der Waals surface area (Å²) in [6.45, 7) is 0.657. The number of amides is 1. The van der Waals surface area contributed by atoms with Crippen LogP contribution < -0.4 is 10.2 Å². The number of hydrogen-bond donors (Lipinski definition) is 2. The second-order valence-electron chi connectivity index (χ2n) is 5.85. The van der Waals surface area contributed by atoms with Gasteiger partial charge in [-0.2, -0.15) is 0 Å². The number of aliphatic hydroxyl groups excluding tert-OH is 1. The number of rotatable bonds is 4. The molecular formula is C14H17N3O4. The second kappa shape index (κ2) is 5.00. The number of nitro benzene ring substituents is 1. The molecule has 0 aromatic heterocycles. The van der Waals surface area contributed by atoms with E-state index in [9.17, 15) is 20.0 Å². The maximum atomic E-state index is 11.4. The molecule has 1 aromatic rings. The van der Waals surface area contributed by atoms with Crippen LogP contribution in [-0.4, -0.2) is 35.6 Å². The molecule has 7 nitrogen and oxygen atoms in total. The van der Waals surface area contributed by atoms with Crippen LogP contribution >= 0.6 is 0 Å². The Morgan fingerprint density at radius 3 is 2.81 bits per heavy atom. The normalized spacial score (nSPS) is 23.2. The molecular weight excluding hydrogens is 274 g/mol. The zero-order valence-corrected chi connectivity index (χ0v) is 11.7. The van der Waals surface area contributed by atoms with E-state index in [1.54, 1.807) is 13.1 Å². The van der Waals surface area contributed by atoms with Gasteiger partial charge in [-0.05, 0) is 30.4 Å². The molecule has 112 valence electrons. The lowest BCUT2D eigenvalue weighted by Gasteiger charge is -2.35. The van der Waals surface area contributed by atoms with Gasteiger partial charge in [-0.25, -0.2) is 0 Å². The third-order valence-corrected chi connectivity index (χ3v) is 4.18. The van der Waals surface area contributed by atoms with Gasteiger partial charge in [0.2, 0.25) is 5.91 Å². The van der Waals surface area contributed by atoms with Crippen molar-refractivity contribution in [2.24, 2.45) is 5.92 Å². The Hall–Kier alpha value is -2.15. The summed E-state index contributed by atoms with van der Waals surface area (Å²) in [5, 5.41) is 23.3. The number of fused-ring (bicyclic) bond motifs is 1. The first-order chi connectivity index (χ1) is 9.94. The van der Waals surface area contributed by atoms with Crippen LogP contribution in [0.3, 0.4) is 0 Å². The number of carbonyl (C=O) groups is 1. The summed E-state index contributed by atoms with van der Waals surface area (Å²) in [5.41, 5.74) is 1.85. The number of anilines is 2. The van der Waals surface area contributed by atoms with Gasteiger partial charge in [0.15, 0.2) is 0 Å². The van der Waals surface area contributed by atoms with Crippen molar-refractivity contribution >= 4 is 23.0 Å². The van der Waals surface area contributed by atoms with E-state index in [2.05, 4.69) is 5.32 Å². The van der Waals surface area contributed by atoms with Crippen molar-refractivity contribution in [3.05, 3.63) is 27.8 Å². The van der Waals surface area contributed by atoms with Crippen LogP contribution in [0, 0.1) is 16.0 Å². The van der Waals surface area contributed by atoms with Gasteiger partial charge in [-0.15, -0.1) is 0 Å². The largest absolute Gasteiger partial charge is 0.393 e. The Morgan fingerprint density at radius 1 is 1.48 bits per heavy atom. The Bertz CT molecular complexity index is 610. The van der Waals surface area contributed by atoms with Crippen LogP contribution in [0.25, 0.3) is 0 Å². The molecule has 2 N–H and O–H groups in total. The summed E-state index contributed by atoms with van der Waals surface area (Å²) in [6.07, 6.45) is 1.42. The topological polar surface area (TPSA) is 95.7 Å². The highest BCUT2D eigenvalue weighted by Crippen LogP contribution is 2.37. The third-order valence-electron chi connectivity index (χ3n) is 4.18. The summed E-state index contributed by atoms with van der Waals surface area (Å²) in [6, 6.07) is 3.15. The fourth-order valence-electron chi connectivity index (χ4n) is 3.04. The zero-order valence-electron chi connectivity index (χ0n) is 11.7. The Kier molecular flexibility index (Phi) is 3.29. The van der Waals surface area contributed by atoms with Gasteiger partial charge >= 0.3 is 0 Å². The average Bonchev–Trinajstić information content (AvgIpc) is 2.74. The quantitative estimate of drug-likeness (QED) is 0.644. The minimum absolute atomic E-state index is 0.0209. The minimum atomic E-state index is -0.412. The van der Waals surface area contributed by atoms with Crippen molar-refractivity contribution in [3.63, 3.8) is 0 Å². The number of carbonyl (C=O) groups excluding carboxylic acids is 1. The second-order valence-corrected chi connectivity index (χ2v) is 5.85. The molecule has 0 spiro atoms. The summed E-state index contributed by atoms with van der Waals surface area (Å²) in [7, 11) is 1.80. The molecule has 0 atom stereocenters. The smallest absolute Gasteiger partial charge is 0.292 e. The predicted octanol–water partition coefficient (Wildman–Crippen LogP) is 1.30. The summed E-state index contributed by atoms with van der Waals surface area (Å²) in [4.78, 5) is 24.1. The van der Waals surface area contributed by atoms with Gasteiger partial charge in [-0.3, -0.25) is 14.9 Å². The summed E-state index contributed by atoms with van der Waals surface area (Å²) < 4.78 is 0. The summed E-state index contributed by atoms with van der Waals surface area (Å²) in [5.74, 6) is 0.216. The molecule has 0 radical (unpaired) electrons. The third kappa shape index (κ3) is 2.56. The standard InChI is InChI=1S/C14H17N3O4/c1-16(7-8-2-10(18)3-8)12-6-11-9(5-14(19)15-11)4-13(12)17(20)21/h4,6,8,10,18H,2-3,5,7H2,1H3,(H,15,19). The number of nitrogens with one attached hydrogen (secondary N) is 1. The zero-order chi connectivity index (χ0) is 15.1. The van der Waals surface area contributed by atoms with Crippen molar-refractivity contribution in [3.8, 4) is 0 Å². The average molecular weight is 291 g/mol. The lowest BCUT2D eigenvalue weighted by molar-refractivity contribution is -0.384. The maximum absolute atomic E-state index is 11.4. The number of nitrogens with zero attached hydrogens (tertiary/aromatic N) is 2. The van der Waals surface area contributed by atoms with Crippen molar-refractivity contribution < 1.29 is 14.8 Å². The molecule has 1 aromatic carbocycles. The van der Waals surface area contributed by atoms with Crippen LogP contribution in [0.1, 0.15) is 18.4 Å². The molecule has 1 saturated carbocycles. The Morgan fingerprint density at radius 2 is 2.19 bits per heavy atom. The Balaban J connectivity index is 1.87. The van der Waals surface area contributed by atoms with Crippen molar-refractivity contribution in [1.29, 1.82) is 0 Å². The fourth-order valence-corrected chi connectivity index (χ4v) is 3.04.